The van der Waals surface area contributed by atoms with Crippen LogP contribution in [0.4, 0.5) is 0 Å². The van der Waals surface area contributed by atoms with Gasteiger partial charge in [-0.2, -0.15) is 0 Å². The van der Waals surface area contributed by atoms with Crippen molar-refractivity contribution >= 4 is 21.6 Å². The van der Waals surface area contributed by atoms with Crippen LogP contribution in [-0.4, -0.2) is 26.2 Å². The van der Waals surface area contributed by atoms with Gasteiger partial charge in [0.25, 0.3) is 0 Å². The zero-order valence-electron chi connectivity index (χ0n) is 13.9. The number of hydrogen-bond donors (Lipinski definition) is 2. The smallest absolute Gasteiger partial charge is 0.240 e. The highest BCUT2D eigenvalue weighted by molar-refractivity contribution is 7.89. The van der Waals surface area contributed by atoms with Gasteiger partial charge in [-0.05, 0) is 73.1 Å². The third kappa shape index (κ3) is 4.42. The second-order valence-corrected chi connectivity index (χ2v) is 8.55. The standard InChI is InChI=1S/C19H22ClNO3S/c20-16-6-9-18(10-7-16)25(23,24)21-17-8-11-19-14(5-2-12-22)3-1-4-15(19)13-17/h1,3-4,6-7,9-10,17,21-22H,2,5,8,11-13H2/t17-/m1/s1. The fraction of sp³-hybridized carbons (Fsp3) is 0.368. The van der Waals surface area contributed by atoms with E-state index in [1.54, 1.807) is 12.1 Å². The van der Waals surface area contributed by atoms with Crippen LogP contribution >= 0.6 is 11.6 Å². The summed E-state index contributed by atoms with van der Waals surface area (Å²) in [7, 11) is -3.55. The first-order valence-electron chi connectivity index (χ1n) is 8.48. The molecule has 0 amide bonds. The number of sulfonamides is 1. The number of nitrogens with one attached hydrogen (secondary N) is 1. The van der Waals surface area contributed by atoms with E-state index in [-0.39, 0.29) is 17.5 Å². The van der Waals surface area contributed by atoms with Crippen molar-refractivity contribution in [2.45, 2.75) is 43.0 Å². The molecule has 134 valence electrons. The Morgan fingerprint density at radius 3 is 2.64 bits per heavy atom. The minimum atomic E-state index is -3.55. The van der Waals surface area contributed by atoms with Crippen LogP contribution in [0, 0.1) is 0 Å². The molecule has 6 heteroatoms. The molecule has 0 heterocycles. The zero-order chi connectivity index (χ0) is 17.9. The summed E-state index contributed by atoms with van der Waals surface area (Å²) in [6.45, 7) is 0.188. The fourth-order valence-corrected chi connectivity index (χ4v) is 4.79. The van der Waals surface area contributed by atoms with Crippen LogP contribution in [-0.2, 0) is 29.3 Å². The highest BCUT2D eigenvalue weighted by Crippen LogP contribution is 2.26. The van der Waals surface area contributed by atoms with E-state index in [9.17, 15) is 8.42 Å². The summed E-state index contributed by atoms with van der Waals surface area (Å²) in [4.78, 5) is 0.236. The molecule has 0 unspecified atom stereocenters. The molecule has 1 aliphatic carbocycles. The van der Waals surface area contributed by atoms with E-state index in [0.717, 1.165) is 25.7 Å². The normalized spacial score (nSPS) is 17.3. The van der Waals surface area contributed by atoms with Gasteiger partial charge in [-0.3, -0.25) is 0 Å². The van der Waals surface area contributed by atoms with Crippen molar-refractivity contribution in [1.29, 1.82) is 0 Å². The molecule has 1 atom stereocenters. The van der Waals surface area contributed by atoms with Crippen molar-refractivity contribution < 1.29 is 13.5 Å². The first-order valence-corrected chi connectivity index (χ1v) is 10.3. The Kier molecular flexibility index (Phi) is 5.79. The largest absolute Gasteiger partial charge is 0.396 e. The van der Waals surface area contributed by atoms with Crippen molar-refractivity contribution in [3.8, 4) is 0 Å². The summed E-state index contributed by atoms with van der Waals surface area (Å²) in [5.41, 5.74) is 3.79. The van der Waals surface area contributed by atoms with Crippen LogP contribution in [0.2, 0.25) is 5.02 Å². The minimum absolute atomic E-state index is 0.110. The van der Waals surface area contributed by atoms with E-state index in [4.69, 9.17) is 16.7 Å². The Labute approximate surface area is 153 Å². The number of aliphatic hydroxyl groups excluding tert-OH is 1. The van der Waals surface area contributed by atoms with Crippen LogP contribution < -0.4 is 4.72 Å². The maximum absolute atomic E-state index is 12.5. The second-order valence-electron chi connectivity index (χ2n) is 6.40. The molecule has 0 spiro atoms. The Balaban J connectivity index is 1.74. The molecule has 25 heavy (non-hydrogen) atoms. The maximum atomic E-state index is 12.5. The van der Waals surface area contributed by atoms with E-state index in [1.165, 1.54) is 28.8 Å². The first kappa shape index (κ1) is 18.4. The molecule has 0 fully saturated rings. The van der Waals surface area contributed by atoms with Crippen molar-refractivity contribution in [1.82, 2.24) is 4.72 Å². The molecule has 0 saturated heterocycles. The predicted octanol–water partition coefficient (Wildman–Crippen LogP) is 3.10. The highest BCUT2D eigenvalue weighted by atomic mass is 35.5. The Morgan fingerprint density at radius 1 is 1.16 bits per heavy atom. The number of halogens is 1. The molecule has 2 N–H and O–H groups in total. The van der Waals surface area contributed by atoms with Gasteiger partial charge in [0.05, 0.1) is 4.90 Å². The lowest BCUT2D eigenvalue weighted by Gasteiger charge is -2.27. The monoisotopic (exact) mass is 379 g/mol. The van der Waals surface area contributed by atoms with Crippen LogP contribution in [0.1, 0.15) is 29.5 Å². The van der Waals surface area contributed by atoms with Crippen LogP contribution in [0.5, 0.6) is 0 Å². The molecular weight excluding hydrogens is 358 g/mol. The fourth-order valence-electron chi connectivity index (χ4n) is 3.39. The number of aryl methyl sites for hydroxylation is 1. The van der Waals surface area contributed by atoms with Gasteiger partial charge in [-0.15, -0.1) is 0 Å². The summed E-state index contributed by atoms with van der Waals surface area (Å²) in [5, 5.41) is 9.56. The van der Waals surface area contributed by atoms with Crippen molar-refractivity contribution in [3.63, 3.8) is 0 Å². The van der Waals surface area contributed by atoms with Crippen LogP contribution in [0.25, 0.3) is 0 Å². The Hall–Kier alpha value is -1.40. The van der Waals surface area contributed by atoms with Gasteiger partial charge in [-0.1, -0.05) is 29.8 Å². The lowest BCUT2D eigenvalue weighted by molar-refractivity contribution is 0.288. The molecule has 4 nitrogen and oxygen atoms in total. The molecule has 1 aliphatic rings. The van der Waals surface area contributed by atoms with E-state index in [2.05, 4.69) is 16.9 Å². The molecule has 0 bridgehead atoms. The minimum Gasteiger partial charge on any atom is -0.396 e. The summed E-state index contributed by atoms with van der Waals surface area (Å²) >= 11 is 5.83. The van der Waals surface area contributed by atoms with Crippen LogP contribution in [0.3, 0.4) is 0 Å². The van der Waals surface area contributed by atoms with Gasteiger partial charge in [0.15, 0.2) is 0 Å². The average Bonchev–Trinajstić information content (AvgIpc) is 2.59. The number of benzene rings is 2. The molecule has 0 saturated carbocycles. The van der Waals surface area contributed by atoms with Gasteiger partial charge in [-0.25, -0.2) is 13.1 Å². The van der Waals surface area contributed by atoms with Crippen LogP contribution in [0.15, 0.2) is 47.4 Å². The Bertz CT molecular complexity index is 834. The quantitative estimate of drug-likeness (QED) is 0.810. The number of rotatable bonds is 6. The van der Waals surface area contributed by atoms with E-state index < -0.39 is 10.0 Å². The molecule has 0 aliphatic heterocycles. The van der Waals surface area contributed by atoms with Gasteiger partial charge in [0.1, 0.15) is 0 Å². The lowest BCUT2D eigenvalue weighted by Crippen LogP contribution is -2.39. The van der Waals surface area contributed by atoms with Gasteiger partial charge < -0.3 is 5.11 Å². The Morgan fingerprint density at radius 2 is 1.92 bits per heavy atom. The predicted molar refractivity (Wildman–Crippen MR) is 99.4 cm³/mol. The zero-order valence-corrected chi connectivity index (χ0v) is 15.5. The van der Waals surface area contributed by atoms with Crippen molar-refractivity contribution in [3.05, 3.63) is 64.2 Å². The topological polar surface area (TPSA) is 66.4 Å². The highest BCUT2D eigenvalue weighted by Gasteiger charge is 2.25. The summed E-state index contributed by atoms with van der Waals surface area (Å²) in [5.74, 6) is 0. The molecule has 3 rings (SSSR count). The summed E-state index contributed by atoms with van der Waals surface area (Å²) in [6.07, 6.45) is 3.93. The molecule has 0 aromatic heterocycles. The summed E-state index contributed by atoms with van der Waals surface area (Å²) < 4.78 is 27.9. The van der Waals surface area contributed by atoms with Gasteiger partial charge >= 0.3 is 0 Å². The van der Waals surface area contributed by atoms with Gasteiger partial charge in [0.2, 0.25) is 10.0 Å². The van der Waals surface area contributed by atoms with Gasteiger partial charge in [0, 0.05) is 17.7 Å². The number of aliphatic hydroxyl groups is 1. The number of fused-ring (bicyclic) bond motifs is 1. The molecule has 2 aromatic rings. The first-order chi connectivity index (χ1) is 12.0. The van der Waals surface area contributed by atoms with Crippen molar-refractivity contribution in [2.75, 3.05) is 6.61 Å². The average molecular weight is 380 g/mol. The SMILES string of the molecule is O=S(=O)(N[C@@H]1CCc2c(CCCO)cccc2C1)c1ccc(Cl)cc1. The van der Waals surface area contributed by atoms with E-state index >= 15 is 0 Å². The maximum Gasteiger partial charge on any atom is 0.240 e. The molecule has 0 radical (unpaired) electrons. The second kappa shape index (κ2) is 7.87. The van der Waals surface area contributed by atoms with Crippen molar-refractivity contribution in [2.24, 2.45) is 0 Å². The third-order valence-corrected chi connectivity index (χ3v) is 6.42. The summed E-state index contributed by atoms with van der Waals surface area (Å²) in [6, 6.07) is 12.3. The number of hydrogen-bond acceptors (Lipinski definition) is 3. The lowest BCUT2D eigenvalue weighted by atomic mass is 9.85. The third-order valence-electron chi connectivity index (χ3n) is 4.63. The molecule has 2 aromatic carbocycles. The van der Waals surface area contributed by atoms with E-state index in [0.29, 0.717) is 11.4 Å². The molecular formula is C19H22ClNO3S. The van der Waals surface area contributed by atoms with E-state index in [1.807, 2.05) is 6.07 Å².